The molecule has 110 valence electrons. The van der Waals surface area contributed by atoms with Crippen molar-refractivity contribution in [3.05, 3.63) is 23.8 Å². The van der Waals surface area contributed by atoms with E-state index in [1.54, 1.807) is 0 Å². The molecule has 0 saturated heterocycles. The molecule has 0 atom stereocenters. The second-order valence-corrected chi connectivity index (χ2v) is 7.24. The molecule has 1 aromatic carbocycles. The standard InChI is InChI=1S/C13H18N2O4S/c1-15(20(18,19)10-4-2-3-5-10)12-7-6-9(13(16)17)8-11(12)14/h6-8,10H,2-5,14H2,1H3,(H,16,17). The van der Waals surface area contributed by atoms with Crippen LogP contribution in [-0.2, 0) is 10.0 Å². The molecule has 0 aromatic heterocycles. The van der Waals surface area contributed by atoms with Gasteiger partial charge in [0, 0.05) is 7.05 Å². The third-order valence-electron chi connectivity index (χ3n) is 3.72. The lowest BCUT2D eigenvalue weighted by atomic mass is 10.2. The average molecular weight is 298 g/mol. The van der Waals surface area contributed by atoms with Crippen molar-refractivity contribution in [2.24, 2.45) is 0 Å². The highest BCUT2D eigenvalue weighted by Crippen LogP contribution is 2.32. The van der Waals surface area contributed by atoms with Gasteiger partial charge in [-0.1, -0.05) is 12.8 Å². The topological polar surface area (TPSA) is 101 Å². The zero-order valence-electron chi connectivity index (χ0n) is 11.2. The number of carbonyl (C=O) groups is 1. The molecule has 1 aromatic rings. The lowest BCUT2D eigenvalue weighted by molar-refractivity contribution is 0.0697. The van der Waals surface area contributed by atoms with Crippen LogP contribution >= 0.6 is 0 Å². The summed E-state index contributed by atoms with van der Waals surface area (Å²) in [5, 5.41) is 8.51. The van der Waals surface area contributed by atoms with Gasteiger partial charge in [-0.25, -0.2) is 13.2 Å². The molecule has 1 fully saturated rings. The first-order valence-corrected chi connectivity index (χ1v) is 7.95. The Morgan fingerprint density at radius 2 is 1.95 bits per heavy atom. The van der Waals surface area contributed by atoms with Gasteiger partial charge in [0.2, 0.25) is 10.0 Å². The summed E-state index contributed by atoms with van der Waals surface area (Å²) in [5.74, 6) is -1.09. The Hall–Kier alpha value is -1.76. The quantitative estimate of drug-likeness (QED) is 0.824. The number of hydrogen-bond acceptors (Lipinski definition) is 4. The van der Waals surface area contributed by atoms with Crippen molar-refractivity contribution < 1.29 is 18.3 Å². The fourth-order valence-corrected chi connectivity index (χ4v) is 4.34. The Kier molecular flexibility index (Phi) is 3.89. The normalized spacial score (nSPS) is 16.2. The number of nitrogens with two attached hydrogens (primary N) is 1. The third kappa shape index (κ3) is 2.58. The highest BCUT2D eigenvalue weighted by atomic mass is 32.2. The SMILES string of the molecule is CN(c1ccc(C(=O)O)cc1N)S(=O)(=O)C1CCCC1. The predicted octanol–water partition coefficient (Wildman–Crippen LogP) is 1.68. The van der Waals surface area contributed by atoms with Crippen LogP contribution < -0.4 is 10.0 Å². The van der Waals surface area contributed by atoms with Crippen LogP contribution in [0.5, 0.6) is 0 Å². The summed E-state index contributed by atoms with van der Waals surface area (Å²) < 4.78 is 26.1. The van der Waals surface area contributed by atoms with E-state index in [0.717, 1.165) is 12.8 Å². The van der Waals surface area contributed by atoms with E-state index in [1.807, 2.05) is 0 Å². The van der Waals surface area contributed by atoms with Crippen molar-refractivity contribution in [2.75, 3.05) is 17.1 Å². The van der Waals surface area contributed by atoms with Crippen LogP contribution in [0.15, 0.2) is 18.2 Å². The van der Waals surface area contributed by atoms with Crippen molar-refractivity contribution in [2.45, 2.75) is 30.9 Å². The molecule has 0 amide bonds. The summed E-state index contributed by atoms with van der Waals surface area (Å²) in [6, 6.07) is 4.07. The fourth-order valence-electron chi connectivity index (χ4n) is 2.52. The average Bonchev–Trinajstić information content (AvgIpc) is 2.92. The number of sulfonamides is 1. The maximum Gasteiger partial charge on any atom is 0.335 e. The molecule has 2 rings (SSSR count). The Morgan fingerprint density at radius 3 is 2.45 bits per heavy atom. The Morgan fingerprint density at radius 1 is 1.35 bits per heavy atom. The van der Waals surface area contributed by atoms with E-state index in [1.165, 1.54) is 29.6 Å². The van der Waals surface area contributed by atoms with E-state index in [9.17, 15) is 13.2 Å². The number of carboxylic acid groups (broad SMARTS) is 1. The molecule has 0 unspecified atom stereocenters. The second kappa shape index (κ2) is 5.32. The Labute approximate surface area is 118 Å². The number of anilines is 2. The highest BCUT2D eigenvalue weighted by Gasteiger charge is 2.33. The number of hydrogen-bond donors (Lipinski definition) is 2. The lowest BCUT2D eigenvalue weighted by Crippen LogP contribution is -2.35. The summed E-state index contributed by atoms with van der Waals surface area (Å²) in [7, 11) is -1.98. The number of aromatic carboxylic acids is 1. The molecule has 0 bridgehead atoms. The van der Waals surface area contributed by atoms with Gasteiger partial charge in [0.15, 0.2) is 0 Å². The summed E-state index contributed by atoms with van der Waals surface area (Å²) in [4.78, 5) is 10.9. The van der Waals surface area contributed by atoms with E-state index in [-0.39, 0.29) is 16.5 Å². The minimum atomic E-state index is -3.44. The van der Waals surface area contributed by atoms with Gasteiger partial charge in [0.1, 0.15) is 0 Å². The molecule has 0 spiro atoms. The predicted molar refractivity (Wildman–Crippen MR) is 77.4 cm³/mol. The van der Waals surface area contributed by atoms with Crippen molar-refractivity contribution in [1.82, 2.24) is 0 Å². The molecule has 20 heavy (non-hydrogen) atoms. The van der Waals surface area contributed by atoms with E-state index in [2.05, 4.69) is 0 Å². The molecule has 3 N–H and O–H groups in total. The number of rotatable bonds is 4. The Balaban J connectivity index is 2.33. The lowest BCUT2D eigenvalue weighted by Gasteiger charge is -2.24. The van der Waals surface area contributed by atoms with Crippen molar-refractivity contribution >= 4 is 27.4 Å². The first-order valence-electron chi connectivity index (χ1n) is 6.44. The van der Waals surface area contributed by atoms with Crippen LogP contribution in [0.4, 0.5) is 11.4 Å². The zero-order valence-corrected chi connectivity index (χ0v) is 12.1. The molecule has 6 nitrogen and oxygen atoms in total. The summed E-state index contributed by atoms with van der Waals surface area (Å²) in [6.45, 7) is 0. The highest BCUT2D eigenvalue weighted by molar-refractivity contribution is 7.93. The molecule has 1 saturated carbocycles. The van der Waals surface area contributed by atoms with Crippen LogP contribution in [0.2, 0.25) is 0 Å². The molecule has 1 aliphatic rings. The maximum absolute atomic E-state index is 12.5. The van der Waals surface area contributed by atoms with Gasteiger partial charge in [-0.3, -0.25) is 4.31 Å². The van der Waals surface area contributed by atoms with Crippen LogP contribution in [0.1, 0.15) is 36.0 Å². The van der Waals surface area contributed by atoms with E-state index >= 15 is 0 Å². The number of nitrogens with zero attached hydrogens (tertiary/aromatic N) is 1. The largest absolute Gasteiger partial charge is 0.478 e. The molecule has 1 aliphatic carbocycles. The fraction of sp³-hybridized carbons (Fsp3) is 0.462. The summed E-state index contributed by atoms with van der Waals surface area (Å²) >= 11 is 0. The van der Waals surface area contributed by atoms with Gasteiger partial charge in [-0.15, -0.1) is 0 Å². The van der Waals surface area contributed by atoms with Gasteiger partial charge in [0.05, 0.1) is 22.2 Å². The molecule has 0 radical (unpaired) electrons. The first kappa shape index (κ1) is 14.6. The molecular formula is C13H18N2O4S. The van der Waals surface area contributed by atoms with Crippen LogP contribution in [-0.4, -0.2) is 31.8 Å². The second-order valence-electron chi connectivity index (χ2n) is 5.00. The molecule has 0 aliphatic heterocycles. The van der Waals surface area contributed by atoms with Gasteiger partial charge >= 0.3 is 5.97 Å². The van der Waals surface area contributed by atoms with Gasteiger partial charge in [-0.05, 0) is 31.0 Å². The first-order chi connectivity index (χ1) is 9.34. The molecular weight excluding hydrogens is 280 g/mol. The van der Waals surface area contributed by atoms with Crippen LogP contribution in [0.3, 0.4) is 0 Å². The number of carboxylic acids is 1. The third-order valence-corrected chi connectivity index (χ3v) is 5.99. The molecule has 0 heterocycles. The van der Waals surface area contributed by atoms with E-state index in [4.69, 9.17) is 10.8 Å². The van der Waals surface area contributed by atoms with Gasteiger partial charge in [-0.2, -0.15) is 0 Å². The zero-order chi connectivity index (χ0) is 14.9. The van der Waals surface area contributed by atoms with Crippen LogP contribution in [0.25, 0.3) is 0 Å². The minimum Gasteiger partial charge on any atom is -0.478 e. The van der Waals surface area contributed by atoms with Crippen molar-refractivity contribution in [3.8, 4) is 0 Å². The summed E-state index contributed by atoms with van der Waals surface area (Å²) in [5.41, 5.74) is 6.29. The monoisotopic (exact) mass is 298 g/mol. The smallest absolute Gasteiger partial charge is 0.335 e. The number of nitrogen functional groups attached to an aromatic ring is 1. The Bertz CT molecular complexity index is 621. The number of benzene rings is 1. The van der Waals surface area contributed by atoms with Crippen LogP contribution in [0, 0.1) is 0 Å². The molecule has 7 heteroatoms. The minimum absolute atomic E-state index is 0.0397. The van der Waals surface area contributed by atoms with Crippen molar-refractivity contribution in [1.29, 1.82) is 0 Å². The van der Waals surface area contributed by atoms with Gasteiger partial charge in [0.25, 0.3) is 0 Å². The van der Waals surface area contributed by atoms with E-state index < -0.39 is 16.0 Å². The maximum atomic E-state index is 12.5. The summed E-state index contributed by atoms with van der Waals surface area (Å²) in [6.07, 6.45) is 3.18. The van der Waals surface area contributed by atoms with Crippen molar-refractivity contribution in [3.63, 3.8) is 0 Å². The van der Waals surface area contributed by atoms with E-state index in [0.29, 0.717) is 18.5 Å². The van der Waals surface area contributed by atoms with Gasteiger partial charge < -0.3 is 10.8 Å².